The number of quaternary nitrogens is 1. The molecule has 1 aliphatic rings. The minimum Gasteiger partial charge on any atom is -0.326 e. The van der Waals surface area contributed by atoms with E-state index >= 15 is 0 Å². The molecule has 0 atom stereocenters. The van der Waals surface area contributed by atoms with Crippen molar-refractivity contribution in [1.29, 1.82) is 0 Å². The zero-order chi connectivity index (χ0) is 11.9. The molecule has 0 spiro atoms. The summed E-state index contributed by atoms with van der Waals surface area (Å²) in [6, 6.07) is 0. The second kappa shape index (κ2) is 6.69. The fourth-order valence-electron chi connectivity index (χ4n) is 2.40. The van der Waals surface area contributed by atoms with Gasteiger partial charge in [0.1, 0.15) is 12.4 Å². The Morgan fingerprint density at radius 3 is 2.31 bits per heavy atom. The lowest BCUT2D eigenvalue weighted by Gasteiger charge is -2.37. The van der Waals surface area contributed by atoms with Gasteiger partial charge in [-0.05, 0) is 25.7 Å². The molecule has 1 fully saturated rings. The molecular weight excluding hydrogens is 198 g/mol. The summed E-state index contributed by atoms with van der Waals surface area (Å²) in [4.78, 5) is 2.89. The van der Waals surface area contributed by atoms with Crippen LogP contribution in [-0.4, -0.2) is 36.1 Å². The molecule has 92 valence electrons. The van der Waals surface area contributed by atoms with Crippen molar-refractivity contribution in [2.45, 2.75) is 32.6 Å². The van der Waals surface area contributed by atoms with Crippen LogP contribution in [0.5, 0.6) is 0 Å². The van der Waals surface area contributed by atoms with Gasteiger partial charge in [-0.2, -0.15) is 0 Å². The number of aromatic nitrogens is 2. The number of piperidine rings is 1. The van der Waals surface area contributed by atoms with E-state index in [1.807, 2.05) is 30.3 Å². The first-order valence-corrected chi connectivity index (χ1v) is 6.48. The number of likely N-dealkylation sites (tertiary alicyclic amines) is 1. The van der Waals surface area contributed by atoms with Gasteiger partial charge in [0.05, 0.1) is 33.7 Å². The zero-order valence-corrected chi connectivity index (χ0v) is 11.1. The number of nitrogens with zero attached hydrogens (tertiary/aromatic N) is 2. The standard InChI is InChI=1S/C9H20N.C4H6N2/c1-3-7-10(2)8-5-4-6-9-10;1-6-3-2-5-4-6/h3-9H2,1-2H3;2-4H,1H3/q+1;/p+1. The van der Waals surface area contributed by atoms with Crippen LogP contribution in [0.15, 0.2) is 18.7 Å². The molecule has 0 radical (unpaired) electrons. The summed E-state index contributed by atoms with van der Waals surface area (Å²) in [7, 11) is 4.37. The first-order chi connectivity index (χ1) is 7.66. The minimum absolute atomic E-state index is 1.34. The topological polar surface area (TPSA) is 19.7 Å². The average molecular weight is 225 g/mol. The van der Waals surface area contributed by atoms with Gasteiger partial charge in [0.25, 0.3) is 0 Å². The van der Waals surface area contributed by atoms with Gasteiger partial charge in [0.15, 0.2) is 0 Å². The number of imidazole rings is 1. The van der Waals surface area contributed by atoms with Crippen LogP contribution >= 0.6 is 0 Å². The maximum atomic E-state index is 2.89. The third-order valence-corrected chi connectivity index (χ3v) is 3.34. The summed E-state index contributed by atoms with van der Waals surface area (Å²) in [5.41, 5.74) is 0. The van der Waals surface area contributed by atoms with Crippen molar-refractivity contribution in [3.05, 3.63) is 18.7 Å². The molecule has 0 saturated carbocycles. The van der Waals surface area contributed by atoms with E-state index in [1.165, 1.54) is 49.8 Å². The smallest absolute Gasteiger partial charge is 0.241 e. The molecule has 0 bridgehead atoms. The molecule has 0 amide bonds. The van der Waals surface area contributed by atoms with Crippen molar-refractivity contribution >= 4 is 0 Å². The SMILES string of the molecule is CCC[N+]1(C)CCCCC1.C[n+]1cc[nH]c1. The van der Waals surface area contributed by atoms with E-state index in [0.29, 0.717) is 0 Å². The first-order valence-electron chi connectivity index (χ1n) is 6.48. The number of rotatable bonds is 2. The van der Waals surface area contributed by atoms with Gasteiger partial charge in [0, 0.05) is 0 Å². The minimum atomic E-state index is 1.34. The van der Waals surface area contributed by atoms with Gasteiger partial charge in [-0.15, -0.1) is 0 Å². The number of hydrogen-bond acceptors (Lipinski definition) is 0. The average Bonchev–Trinajstić information content (AvgIpc) is 2.71. The highest BCUT2D eigenvalue weighted by Crippen LogP contribution is 2.15. The van der Waals surface area contributed by atoms with Gasteiger partial charge >= 0.3 is 0 Å². The summed E-state index contributed by atoms with van der Waals surface area (Å²) >= 11 is 0. The molecule has 3 nitrogen and oxygen atoms in total. The molecule has 0 aliphatic carbocycles. The Hall–Kier alpha value is -0.830. The summed E-state index contributed by atoms with van der Waals surface area (Å²) in [6.45, 7) is 6.53. The lowest BCUT2D eigenvalue weighted by Crippen LogP contribution is -2.48. The predicted octanol–water partition coefficient (Wildman–Crippen LogP) is 1.87. The lowest BCUT2D eigenvalue weighted by atomic mass is 10.1. The Morgan fingerprint density at radius 2 is 1.94 bits per heavy atom. The van der Waals surface area contributed by atoms with Crippen LogP contribution in [-0.2, 0) is 7.05 Å². The molecular formula is C13H27N3+2. The molecule has 1 aromatic rings. The Bertz CT molecular complexity index is 255. The maximum absolute atomic E-state index is 2.89. The van der Waals surface area contributed by atoms with Crippen molar-refractivity contribution in [1.82, 2.24) is 4.98 Å². The van der Waals surface area contributed by atoms with Crippen LogP contribution in [0, 0.1) is 0 Å². The molecule has 3 heteroatoms. The second-order valence-corrected chi connectivity index (χ2v) is 5.13. The summed E-state index contributed by atoms with van der Waals surface area (Å²) in [5.74, 6) is 0. The quantitative estimate of drug-likeness (QED) is 0.585. The van der Waals surface area contributed by atoms with Gasteiger partial charge in [-0.1, -0.05) is 6.92 Å². The van der Waals surface area contributed by atoms with E-state index in [0.717, 1.165) is 0 Å². The van der Waals surface area contributed by atoms with Crippen LogP contribution in [0.25, 0.3) is 0 Å². The number of aromatic amines is 1. The molecule has 0 unspecified atom stereocenters. The van der Waals surface area contributed by atoms with Crippen molar-refractivity contribution in [2.75, 3.05) is 26.7 Å². The highest BCUT2D eigenvalue weighted by molar-refractivity contribution is 4.54. The van der Waals surface area contributed by atoms with Crippen LogP contribution < -0.4 is 4.57 Å². The molecule has 16 heavy (non-hydrogen) atoms. The van der Waals surface area contributed by atoms with E-state index in [-0.39, 0.29) is 0 Å². The molecule has 1 saturated heterocycles. The zero-order valence-electron chi connectivity index (χ0n) is 11.1. The van der Waals surface area contributed by atoms with Crippen LogP contribution in [0.2, 0.25) is 0 Å². The monoisotopic (exact) mass is 225 g/mol. The van der Waals surface area contributed by atoms with E-state index < -0.39 is 0 Å². The van der Waals surface area contributed by atoms with Gasteiger partial charge < -0.3 is 4.48 Å². The van der Waals surface area contributed by atoms with Crippen molar-refractivity contribution in [3.8, 4) is 0 Å². The second-order valence-electron chi connectivity index (χ2n) is 5.13. The Labute approximate surface area is 99.7 Å². The van der Waals surface area contributed by atoms with E-state index in [1.54, 1.807) is 0 Å². The van der Waals surface area contributed by atoms with E-state index in [4.69, 9.17) is 0 Å². The number of H-pyrrole nitrogens is 1. The summed E-state index contributed by atoms with van der Waals surface area (Å²) in [5, 5.41) is 0. The van der Waals surface area contributed by atoms with Gasteiger partial charge in [-0.25, -0.2) is 4.57 Å². The molecule has 0 aromatic carbocycles. The number of nitrogens with one attached hydrogen (secondary N) is 1. The Morgan fingerprint density at radius 1 is 1.25 bits per heavy atom. The lowest BCUT2D eigenvalue weighted by molar-refractivity contribution is -0.914. The van der Waals surface area contributed by atoms with Crippen LogP contribution in [0.1, 0.15) is 32.6 Å². The Balaban J connectivity index is 0.000000181. The third-order valence-electron chi connectivity index (χ3n) is 3.34. The van der Waals surface area contributed by atoms with Gasteiger partial charge in [-0.3, -0.25) is 4.98 Å². The fraction of sp³-hybridized carbons (Fsp3) is 0.769. The molecule has 1 N–H and O–H groups in total. The van der Waals surface area contributed by atoms with Crippen molar-refractivity contribution in [3.63, 3.8) is 0 Å². The fourth-order valence-corrected chi connectivity index (χ4v) is 2.40. The largest absolute Gasteiger partial charge is 0.326 e. The Kier molecular flexibility index (Phi) is 5.53. The van der Waals surface area contributed by atoms with E-state index in [9.17, 15) is 0 Å². The molecule has 1 aliphatic heterocycles. The molecule has 2 heterocycles. The number of aryl methyl sites for hydroxylation is 1. The summed E-state index contributed by atoms with van der Waals surface area (Å²) in [6.07, 6.45) is 11.4. The molecule has 1 aromatic heterocycles. The van der Waals surface area contributed by atoms with Crippen LogP contribution in [0.4, 0.5) is 0 Å². The van der Waals surface area contributed by atoms with Crippen molar-refractivity contribution in [2.24, 2.45) is 7.05 Å². The molecule has 2 rings (SSSR count). The highest BCUT2D eigenvalue weighted by Gasteiger charge is 2.22. The van der Waals surface area contributed by atoms with Crippen LogP contribution in [0.3, 0.4) is 0 Å². The maximum Gasteiger partial charge on any atom is 0.241 e. The normalized spacial score (nSPS) is 18.7. The van der Waals surface area contributed by atoms with E-state index in [2.05, 4.69) is 19.0 Å². The summed E-state index contributed by atoms with van der Waals surface area (Å²) < 4.78 is 3.29. The number of hydrogen-bond donors (Lipinski definition) is 1. The van der Waals surface area contributed by atoms with Crippen molar-refractivity contribution < 1.29 is 9.05 Å². The van der Waals surface area contributed by atoms with Gasteiger partial charge in [0.2, 0.25) is 6.33 Å². The third kappa shape index (κ3) is 4.79. The highest BCUT2D eigenvalue weighted by atomic mass is 15.3. The predicted molar refractivity (Wildman–Crippen MR) is 66.9 cm³/mol. The first kappa shape index (κ1) is 13.2.